The van der Waals surface area contributed by atoms with Gasteiger partial charge in [-0.2, -0.15) is 0 Å². The number of carbonyl (C=O) groups excluding carboxylic acids is 2. The topological polar surface area (TPSA) is 151 Å². The number of aromatic nitrogens is 1. The number of ether oxygens (including phenoxy) is 1. The summed E-state index contributed by atoms with van der Waals surface area (Å²) in [4.78, 5) is 39.4. The number of hydrogen-bond donors (Lipinski definition) is 4. The predicted octanol–water partition coefficient (Wildman–Crippen LogP) is 2.28. The third-order valence-corrected chi connectivity index (χ3v) is 5.65. The highest BCUT2D eigenvalue weighted by atomic mass is 16.5. The Morgan fingerprint density at radius 1 is 1.06 bits per heavy atom. The molecule has 3 aromatic rings. The number of aliphatic carboxylic acids is 1. The zero-order valence-electron chi connectivity index (χ0n) is 18.3. The van der Waals surface area contributed by atoms with Crippen molar-refractivity contribution in [2.75, 3.05) is 13.2 Å². The summed E-state index contributed by atoms with van der Waals surface area (Å²) < 4.78 is 10.6. The van der Waals surface area contributed by atoms with Gasteiger partial charge >= 0.3 is 12.1 Å². The molecule has 0 radical (unpaired) electrons. The van der Waals surface area contributed by atoms with Gasteiger partial charge in [-0.05, 0) is 29.2 Å². The summed E-state index contributed by atoms with van der Waals surface area (Å²) in [5.74, 6) is -2.27. The number of oxazole rings is 1. The van der Waals surface area contributed by atoms with Gasteiger partial charge in [0.2, 0.25) is 0 Å². The van der Waals surface area contributed by atoms with Crippen LogP contribution in [0.25, 0.3) is 11.1 Å². The molecule has 0 fully saturated rings. The highest BCUT2D eigenvalue weighted by Crippen LogP contribution is 2.44. The quantitative estimate of drug-likeness (QED) is 0.396. The second-order valence-electron chi connectivity index (χ2n) is 8.06. The van der Waals surface area contributed by atoms with E-state index in [1.54, 1.807) is 0 Å². The van der Waals surface area contributed by atoms with Crippen molar-refractivity contribution >= 4 is 18.0 Å². The molecule has 0 aliphatic heterocycles. The van der Waals surface area contributed by atoms with E-state index in [9.17, 15) is 19.5 Å². The van der Waals surface area contributed by atoms with E-state index in [0.29, 0.717) is 0 Å². The van der Waals surface area contributed by atoms with E-state index in [4.69, 9.17) is 14.3 Å². The number of amides is 2. The average molecular weight is 465 g/mol. The Hall–Kier alpha value is -4.18. The second-order valence-corrected chi connectivity index (χ2v) is 8.06. The first-order chi connectivity index (χ1) is 16.3. The van der Waals surface area contributed by atoms with Crippen molar-refractivity contribution in [1.82, 2.24) is 15.6 Å². The number of aliphatic hydroxyl groups is 1. The average Bonchev–Trinajstić information content (AvgIpc) is 3.42. The molecule has 1 aromatic heterocycles. The Balaban J connectivity index is 1.33. The van der Waals surface area contributed by atoms with Gasteiger partial charge in [-0.3, -0.25) is 4.79 Å². The molecule has 0 bridgehead atoms. The smallest absolute Gasteiger partial charge is 0.407 e. The Labute approximate surface area is 194 Å². The number of nitrogens with zero attached hydrogens (tertiary/aromatic N) is 1. The largest absolute Gasteiger partial charge is 0.479 e. The number of rotatable bonds is 8. The van der Waals surface area contributed by atoms with Gasteiger partial charge in [0.15, 0.2) is 23.4 Å². The number of hydrogen-bond acceptors (Lipinski definition) is 7. The van der Waals surface area contributed by atoms with Crippen LogP contribution in [0.5, 0.6) is 0 Å². The molecule has 4 rings (SSSR count). The zero-order chi connectivity index (χ0) is 24.3. The number of benzene rings is 2. The van der Waals surface area contributed by atoms with Crippen molar-refractivity contribution in [2.24, 2.45) is 0 Å². The van der Waals surface area contributed by atoms with Crippen LogP contribution in [0.1, 0.15) is 40.2 Å². The first-order valence-corrected chi connectivity index (χ1v) is 10.5. The van der Waals surface area contributed by atoms with Crippen molar-refractivity contribution in [3.63, 3.8) is 0 Å². The molecule has 1 heterocycles. The maximum atomic E-state index is 12.3. The van der Waals surface area contributed by atoms with Gasteiger partial charge < -0.3 is 30.0 Å². The summed E-state index contributed by atoms with van der Waals surface area (Å²) in [7, 11) is 0. The molecule has 4 N–H and O–H groups in total. The fourth-order valence-corrected chi connectivity index (χ4v) is 3.79. The zero-order valence-corrected chi connectivity index (χ0v) is 18.3. The number of carbonyl (C=O) groups is 3. The molecule has 2 amide bonds. The number of carboxylic acid groups (broad SMARTS) is 1. The molecule has 2 aromatic carbocycles. The van der Waals surface area contributed by atoms with Crippen molar-refractivity contribution < 1.29 is 33.8 Å². The Morgan fingerprint density at radius 2 is 1.68 bits per heavy atom. The van der Waals surface area contributed by atoms with E-state index < -0.39 is 30.1 Å². The maximum absolute atomic E-state index is 12.3. The van der Waals surface area contributed by atoms with Crippen LogP contribution in [0.3, 0.4) is 0 Å². The minimum Gasteiger partial charge on any atom is -0.479 e. The third kappa shape index (κ3) is 4.62. The third-order valence-electron chi connectivity index (χ3n) is 5.65. The molecule has 10 nitrogen and oxygen atoms in total. The van der Waals surface area contributed by atoms with Crippen LogP contribution in [-0.2, 0) is 16.1 Å². The standard InChI is InChI=1S/C24H23N3O7/c1-24(32,22(29)30)12-26-21(28)20-19(34-13-27-20)10-25-23(31)33-11-18-16-8-4-2-6-14(16)15-7-3-5-9-17(15)18/h2-9,13,18,32H,10-12H2,1H3,(H,25,31)(H,26,28)(H,29,30). The first kappa shape index (κ1) is 23.0. The molecule has 176 valence electrons. The van der Waals surface area contributed by atoms with E-state index >= 15 is 0 Å². The number of nitrogens with one attached hydrogen (secondary N) is 2. The fraction of sp³-hybridized carbons (Fsp3) is 0.250. The minimum atomic E-state index is -2.14. The van der Waals surface area contributed by atoms with Crippen LogP contribution in [0.15, 0.2) is 59.3 Å². The predicted molar refractivity (Wildman–Crippen MR) is 119 cm³/mol. The van der Waals surface area contributed by atoms with Crippen LogP contribution in [0, 0.1) is 0 Å². The SMILES string of the molecule is CC(O)(CNC(=O)c1ncoc1CNC(=O)OCC1c2ccccc2-c2ccccc21)C(=O)O. The van der Waals surface area contributed by atoms with Gasteiger partial charge in [0, 0.05) is 5.92 Å². The van der Waals surface area contributed by atoms with Gasteiger partial charge in [0.05, 0.1) is 13.1 Å². The second kappa shape index (κ2) is 9.36. The summed E-state index contributed by atoms with van der Waals surface area (Å²) in [6.07, 6.45) is 0.331. The molecule has 1 atom stereocenters. The summed E-state index contributed by atoms with van der Waals surface area (Å²) in [5, 5.41) is 23.5. The van der Waals surface area contributed by atoms with E-state index in [1.807, 2.05) is 48.5 Å². The van der Waals surface area contributed by atoms with Gasteiger partial charge in [0.25, 0.3) is 5.91 Å². The van der Waals surface area contributed by atoms with Crippen molar-refractivity contribution in [3.05, 3.63) is 77.5 Å². The molecular weight excluding hydrogens is 442 g/mol. The minimum absolute atomic E-state index is 0.0565. The molecule has 1 aliphatic carbocycles. The van der Waals surface area contributed by atoms with Gasteiger partial charge in [0.1, 0.15) is 6.61 Å². The Morgan fingerprint density at radius 3 is 2.29 bits per heavy atom. The summed E-state index contributed by atoms with van der Waals surface area (Å²) in [6.45, 7) is 0.480. The Bertz CT molecular complexity index is 1190. The van der Waals surface area contributed by atoms with Crippen LogP contribution in [-0.4, -0.2) is 51.9 Å². The molecule has 34 heavy (non-hydrogen) atoms. The lowest BCUT2D eigenvalue weighted by Gasteiger charge is -2.17. The number of carboxylic acids is 1. The van der Waals surface area contributed by atoms with Gasteiger partial charge in [-0.1, -0.05) is 48.5 Å². The molecule has 10 heteroatoms. The van der Waals surface area contributed by atoms with E-state index in [0.717, 1.165) is 35.6 Å². The molecule has 1 unspecified atom stereocenters. The van der Waals surface area contributed by atoms with Gasteiger partial charge in [-0.25, -0.2) is 14.6 Å². The van der Waals surface area contributed by atoms with E-state index in [2.05, 4.69) is 15.6 Å². The Kier molecular flexibility index (Phi) is 6.33. The van der Waals surface area contributed by atoms with E-state index in [-0.39, 0.29) is 30.5 Å². The number of fused-ring (bicyclic) bond motifs is 3. The molecule has 0 saturated heterocycles. The fourth-order valence-electron chi connectivity index (χ4n) is 3.79. The van der Waals surface area contributed by atoms with E-state index in [1.165, 1.54) is 0 Å². The molecule has 0 saturated carbocycles. The van der Waals surface area contributed by atoms with Crippen molar-refractivity contribution in [3.8, 4) is 11.1 Å². The summed E-state index contributed by atoms with van der Waals surface area (Å²) >= 11 is 0. The lowest BCUT2D eigenvalue weighted by atomic mass is 9.98. The number of alkyl carbamates (subject to hydrolysis) is 1. The van der Waals surface area contributed by atoms with Crippen LogP contribution < -0.4 is 10.6 Å². The van der Waals surface area contributed by atoms with Crippen molar-refractivity contribution in [1.29, 1.82) is 0 Å². The lowest BCUT2D eigenvalue weighted by molar-refractivity contribution is -0.155. The lowest BCUT2D eigenvalue weighted by Crippen LogP contribution is -2.46. The highest BCUT2D eigenvalue weighted by molar-refractivity contribution is 5.93. The normalized spacial score (nSPS) is 13.9. The first-order valence-electron chi connectivity index (χ1n) is 10.5. The van der Waals surface area contributed by atoms with Crippen LogP contribution in [0.2, 0.25) is 0 Å². The van der Waals surface area contributed by atoms with Crippen LogP contribution >= 0.6 is 0 Å². The monoisotopic (exact) mass is 465 g/mol. The van der Waals surface area contributed by atoms with Crippen LogP contribution in [0.4, 0.5) is 4.79 Å². The molecule has 0 spiro atoms. The maximum Gasteiger partial charge on any atom is 0.407 e. The summed E-state index contributed by atoms with van der Waals surface area (Å²) in [6, 6.07) is 16.0. The van der Waals surface area contributed by atoms with Crippen molar-refractivity contribution in [2.45, 2.75) is 25.0 Å². The highest BCUT2D eigenvalue weighted by Gasteiger charge is 2.31. The van der Waals surface area contributed by atoms with Gasteiger partial charge in [-0.15, -0.1) is 0 Å². The molecular formula is C24H23N3O7. The molecule has 1 aliphatic rings. The summed E-state index contributed by atoms with van der Waals surface area (Å²) in [5.41, 5.74) is 2.13.